The Kier molecular flexibility index (Phi) is 3.87. The van der Waals surface area contributed by atoms with Crippen molar-refractivity contribution in [3.8, 4) is 5.75 Å². The summed E-state index contributed by atoms with van der Waals surface area (Å²) >= 11 is 0. The molecule has 0 saturated heterocycles. The van der Waals surface area contributed by atoms with Gasteiger partial charge in [-0.1, -0.05) is 24.3 Å². The van der Waals surface area contributed by atoms with Crippen LogP contribution < -0.4 is 10.1 Å². The molecule has 2 aromatic carbocycles. The van der Waals surface area contributed by atoms with E-state index >= 15 is 0 Å². The second kappa shape index (κ2) is 5.80. The van der Waals surface area contributed by atoms with Crippen LogP contribution >= 0.6 is 0 Å². The summed E-state index contributed by atoms with van der Waals surface area (Å²) in [6, 6.07) is 15.6. The molecular weight excluding hydrogens is 258 g/mol. The maximum Gasteiger partial charge on any atom is 0.122 e. The van der Waals surface area contributed by atoms with E-state index in [2.05, 4.69) is 55.6 Å². The zero-order chi connectivity index (χ0) is 14.8. The van der Waals surface area contributed by atoms with Gasteiger partial charge in [-0.05, 0) is 67.5 Å². The summed E-state index contributed by atoms with van der Waals surface area (Å²) in [7, 11) is 1.75. The smallest absolute Gasteiger partial charge is 0.122 e. The van der Waals surface area contributed by atoms with Gasteiger partial charge >= 0.3 is 0 Å². The number of benzene rings is 2. The van der Waals surface area contributed by atoms with Crippen molar-refractivity contribution < 1.29 is 4.74 Å². The van der Waals surface area contributed by atoms with Crippen LogP contribution in [0.3, 0.4) is 0 Å². The predicted octanol–water partition coefficient (Wildman–Crippen LogP) is 4.67. The maximum absolute atomic E-state index is 5.46. The summed E-state index contributed by atoms with van der Waals surface area (Å²) in [4.78, 5) is 0. The highest BCUT2D eigenvalue weighted by Crippen LogP contribution is 2.42. The average molecular weight is 281 g/mol. The van der Waals surface area contributed by atoms with Gasteiger partial charge in [-0.3, -0.25) is 0 Å². The van der Waals surface area contributed by atoms with Gasteiger partial charge in [-0.2, -0.15) is 0 Å². The first-order valence-corrected chi connectivity index (χ1v) is 7.64. The Balaban J connectivity index is 1.62. The van der Waals surface area contributed by atoms with E-state index < -0.39 is 0 Å². The number of ether oxygens (including phenoxy) is 1. The topological polar surface area (TPSA) is 21.3 Å². The van der Waals surface area contributed by atoms with Crippen LogP contribution in [0.1, 0.15) is 35.4 Å². The van der Waals surface area contributed by atoms with Gasteiger partial charge in [0.25, 0.3) is 0 Å². The monoisotopic (exact) mass is 281 g/mol. The number of hydrogen-bond acceptors (Lipinski definition) is 2. The summed E-state index contributed by atoms with van der Waals surface area (Å²) in [5, 5.41) is 3.64. The van der Waals surface area contributed by atoms with Gasteiger partial charge in [0.05, 0.1) is 7.11 Å². The number of aryl methyl sites for hydroxylation is 2. The molecule has 0 aliphatic heterocycles. The zero-order valence-electron chi connectivity index (χ0n) is 13.0. The van der Waals surface area contributed by atoms with E-state index in [1.807, 2.05) is 6.07 Å². The first-order chi connectivity index (χ1) is 10.2. The van der Waals surface area contributed by atoms with Gasteiger partial charge in [0.15, 0.2) is 0 Å². The van der Waals surface area contributed by atoms with Gasteiger partial charge in [0.2, 0.25) is 0 Å². The van der Waals surface area contributed by atoms with Crippen molar-refractivity contribution in [1.29, 1.82) is 0 Å². The van der Waals surface area contributed by atoms with Crippen molar-refractivity contribution in [2.75, 3.05) is 12.4 Å². The third-order valence-corrected chi connectivity index (χ3v) is 4.59. The zero-order valence-corrected chi connectivity index (χ0v) is 13.0. The molecule has 21 heavy (non-hydrogen) atoms. The minimum Gasteiger partial charge on any atom is -0.496 e. The summed E-state index contributed by atoms with van der Waals surface area (Å²) < 4.78 is 5.46. The molecule has 0 heterocycles. The summed E-state index contributed by atoms with van der Waals surface area (Å²) in [5.74, 6) is 1.64. The van der Waals surface area contributed by atoms with E-state index in [1.165, 1.54) is 35.2 Å². The molecule has 0 aromatic heterocycles. The van der Waals surface area contributed by atoms with E-state index in [0.717, 1.165) is 5.75 Å². The molecule has 2 aromatic rings. The molecule has 2 heteroatoms. The molecule has 2 nitrogen and oxygen atoms in total. The lowest BCUT2D eigenvalue weighted by atomic mass is 9.75. The Bertz CT molecular complexity index is 629. The molecule has 110 valence electrons. The van der Waals surface area contributed by atoms with E-state index in [9.17, 15) is 0 Å². The van der Waals surface area contributed by atoms with E-state index in [0.29, 0.717) is 12.0 Å². The fraction of sp³-hybridized carbons (Fsp3) is 0.368. The molecule has 1 aliphatic carbocycles. The highest BCUT2D eigenvalue weighted by molar-refractivity contribution is 5.50. The van der Waals surface area contributed by atoms with Crippen molar-refractivity contribution in [1.82, 2.24) is 0 Å². The normalized spacial score (nSPS) is 20.7. The standard InChI is InChI=1S/C19H23NO/c1-13-8-9-16(10-14(13)2)20-17-11-15(12-17)18-6-4-5-7-19(18)21-3/h4-10,15,17,20H,11-12H2,1-3H3. The fourth-order valence-corrected chi connectivity index (χ4v) is 3.06. The number of methoxy groups -OCH3 is 1. The third-order valence-electron chi connectivity index (χ3n) is 4.59. The number of rotatable bonds is 4. The number of anilines is 1. The van der Waals surface area contributed by atoms with Gasteiger partial charge in [0, 0.05) is 11.7 Å². The van der Waals surface area contributed by atoms with Gasteiger partial charge in [-0.15, -0.1) is 0 Å². The molecule has 0 atom stereocenters. The molecule has 1 aliphatic rings. The summed E-state index contributed by atoms with van der Waals surface area (Å²) in [6.07, 6.45) is 2.35. The Labute approximate surface area is 127 Å². The molecule has 0 bridgehead atoms. The van der Waals surface area contributed by atoms with E-state index in [1.54, 1.807) is 7.11 Å². The lowest BCUT2D eigenvalue weighted by Gasteiger charge is -2.37. The first-order valence-electron chi connectivity index (χ1n) is 7.64. The minimum atomic E-state index is 0.571. The number of para-hydroxylation sites is 1. The second-order valence-electron chi connectivity index (χ2n) is 6.05. The highest BCUT2D eigenvalue weighted by atomic mass is 16.5. The quantitative estimate of drug-likeness (QED) is 0.879. The van der Waals surface area contributed by atoms with Crippen molar-refractivity contribution in [2.45, 2.75) is 38.6 Å². The summed E-state index contributed by atoms with van der Waals surface area (Å²) in [6.45, 7) is 4.32. The summed E-state index contributed by atoms with van der Waals surface area (Å²) in [5.41, 5.74) is 5.28. The highest BCUT2D eigenvalue weighted by Gasteiger charge is 2.31. The minimum absolute atomic E-state index is 0.571. The van der Waals surface area contributed by atoms with Gasteiger partial charge < -0.3 is 10.1 Å². The molecule has 0 amide bonds. The Morgan fingerprint density at radius 2 is 1.76 bits per heavy atom. The molecular formula is C19H23NO. The molecule has 3 rings (SSSR count). The van der Waals surface area contributed by atoms with Crippen molar-refractivity contribution in [2.24, 2.45) is 0 Å². The van der Waals surface area contributed by atoms with Crippen LogP contribution in [0.5, 0.6) is 5.75 Å². The second-order valence-corrected chi connectivity index (χ2v) is 6.05. The molecule has 1 fully saturated rings. The average Bonchev–Trinajstić information content (AvgIpc) is 2.46. The van der Waals surface area contributed by atoms with E-state index in [-0.39, 0.29) is 0 Å². The number of nitrogens with one attached hydrogen (secondary N) is 1. The van der Waals surface area contributed by atoms with Crippen LogP contribution in [0.4, 0.5) is 5.69 Å². The first kappa shape index (κ1) is 14.0. The fourth-order valence-electron chi connectivity index (χ4n) is 3.06. The van der Waals surface area contributed by atoms with E-state index in [4.69, 9.17) is 4.74 Å². The Hall–Kier alpha value is -1.96. The van der Waals surface area contributed by atoms with Crippen LogP contribution in [0.25, 0.3) is 0 Å². The van der Waals surface area contributed by atoms with Crippen molar-refractivity contribution in [3.63, 3.8) is 0 Å². The molecule has 1 N–H and O–H groups in total. The van der Waals surface area contributed by atoms with Crippen LogP contribution in [-0.2, 0) is 0 Å². The van der Waals surface area contributed by atoms with Crippen molar-refractivity contribution in [3.05, 3.63) is 59.2 Å². The Morgan fingerprint density at radius 1 is 1.00 bits per heavy atom. The third kappa shape index (κ3) is 2.90. The molecule has 0 unspecified atom stereocenters. The maximum atomic E-state index is 5.46. The molecule has 0 radical (unpaired) electrons. The predicted molar refractivity (Wildman–Crippen MR) is 88.3 cm³/mol. The van der Waals surface area contributed by atoms with Crippen LogP contribution in [0, 0.1) is 13.8 Å². The number of hydrogen-bond donors (Lipinski definition) is 1. The van der Waals surface area contributed by atoms with Crippen molar-refractivity contribution >= 4 is 5.69 Å². The lowest BCUT2D eigenvalue weighted by molar-refractivity contribution is 0.350. The Morgan fingerprint density at radius 3 is 2.48 bits per heavy atom. The van der Waals surface area contributed by atoms with Crippen LogP contribution in [-0.4, -0.2) is 13.2 Å². The largest absolute Gasteiger partial charge is 0.496 e. The van der Waals surface area contributed by atoms with Crippen LogP contribution in [0.15, 0.2) is 42.5 Å². The molecule has 0 spiro atoms. The van der Waals surface area contributed by atoms with Gasteiger partial charge in [0.1, 0.15) is 5.75 Å². The van der Waals surface area contributed by atoms with Gasteiger partial charge in [-0.25, -0.2) is 0 Å². The van der Waals surface area contributed by atoms with Crippen LogP contribution in [0.2, 0.25) is 0 Å². The molecule has 1 saturated carbocycles. The lowest BCUT2D eigenvalue weighted by Crippen LogP contribution is -2.34. The SMILES string of the molecule is COc1ccccc1C1CC(Nc2ccc(C)c(C)c2)C1.